The Bertz CT molecular complexity index is 703. The molecule has 0 saturated heterocycles. The van der Waals surface area contributed by atoms with E-state index in [-0.39, 0.29) is 18.0 Å². The number of amides is 3. The Morgan fingerprint density at radius 3 is 2.54 bits per heavy atom. The Morgan fingerprint density at radius 1 is 1.21 bits per heavy atom. The van der Waals surface area contributed by atoms with Gasteiger partial charge in [-0.1, -0.05) is 13.0 Å². The number of urea groups is 1. The Kier molecular flexibility index (Phi) is 5.89. The third-order valence-corrected chi connectivity index (χ3v) is 3.79. The second kappa shape index (κ2) is 8.10. The number of benzene rings is 1. The molecule has 0 bridgehead atoms. The number of hydrogen-bond acceptors (Lipinski definition) is 3. The van der Waals surface area contributed by atoms with Gasteiger partial charge in [0.15, 0.2) is 0 Å². The fourth-order valence-corrected chi connectivity index (χ4v) is 2.32. The van der Waals surface area contributed by atoms with Gasteiger partial charge in [-0.25, -0.2) is 4.79 Å². The van der Waals surface area contributed by atoms with Crippen molar-refractivity contribution in [1.29, 1.82) is 0 Å². The number of hydrogen-bond donors (Lipinski definition) is 2. The molecule has 1 atom stereocenters. The summed E-state index contributed by atoms with van der Waals surface area (Å²) in [5.41, 5.74) is 2.36. The molecule has 0 aliphatic heterocycles. The molecule has 1 heterocycles. The number of rotatable bonds is 5. The summed E-state index contributed by atoms with van der Waals surface area (Å²) in [5.74, 6) is -0.0691. The van der Waals surface area contributed by atoms with Gasteiger partial charge in [-0.2, -0.15) is 0 Å². The van der Waals surface area contributed by atoms with E-state index in [1.54, 1.807) is 37.6 Å². The Morgan fingerprint density at radius 2 is 1.92 bits per heavy atom. The molecule has 2 aromatic rings. The lowest BCUT2D eigenvalue weighted by atomic mass is 10.1. The van der Waals surface area contributed by atoms with E-state index in [0.29, 0.717) is 5.69 Å². The first-order valence-electron chi connectivity index (χ1n) is 7.83. The van der Waals surface area contributed by atoms with Gasteiger partial charge in [0.05, 0.1) is 6.04 Å². The lowest BCUT2D eigenvalue weighted by molar-refractivity contribution is -0.116. The summed E-state index contributed by atoms with van der Waals surface area (Å²) in [5, 5.41) is 5.75. The van der Waals surface area contributed by atoms with Crippen LogP contribution in [0.1, 0.15) is 31.9 Å². The van der Waals surface area contributed by atoms with Crippen molar-refractivity contribution in [2.24, 2.45) is 0 Å². The molecule has 6 heteroatoms. The van der Waals surface area contributed by atoms with Gasteiger partial charge < -0.3 is 15.5 Å². The van der Waals surface area contributed by atoms with Crippen molar-refractivity contribution >= 4 is 23.3 Å². The van der Waals surface area contributed by atoms with Crippen LogP contribution in [0.15, 0.2) is 48.8 Å². The van der Waals surface area contributed by atoms with E-state index < -0.39 is 0 Å². The average molecular weight is 326 g/mol. The molecule has 0 fully saturated rings. The van der Waals surface area contributed by atoms with Gasteiger partial charge in [-0.3, -0.25) is 9.78 Å². The van der Waals surface area contributed by atoms with Gasteiger partial charge >= 0.3 is 6.03 Å². The number of carbonyl (C=O) groups is 2. The maximum atomic E-state index is 12.3. The molecule has 0 aliphatic rings. The molecule has 0 radical (unpaired) electrons. The van der Waals surface area contributed by atoms with Gasteiger partial charge in [0, 0.05) is 37.7 Å². The molecule has 0 aliphatic carbocycles. The molecule has 1 aromatic heterocycles. The van der Waals surface area contributed by atoms with Crippen LogP contribution >= 0.6 is 0 Å². The number of nitrogens with zero attached hydrogens (tertiary/aromatic N) is 2. The smallest absolute Gasteiger partial charge is 0.319 e. The van der Waals surface area contributed by atoms with Crippen LogP contribution in [-0.2, 0) is 4.79 Å². The fourth-order valence-electron chi connectivity index (χ4n) is 2.32. The minimum atomic E-state index is -0.290. The van der Waals surface area contributed by atoms with Gasteiger partial charge in [0.1, 0.15) is 0 Å². The van der Waals surface area contributed by atoms with Crippen LogP contribution in [0.2, 0.25) is 0 Å². The van der Waals surface area contributed by atoms with E-state index in [1.165, 1.54) is 11.8 Å². The quantitative estimate of drug-likeness (QED) is 0.885. The second-order valence-corrected chi connectivity index (χ2v) is 5.47. The predicted molar refractivity (Wildman–Crippen MR) is 94.9 cm³/mol. The molecule has 1 aromatic carbocycles. The van der Waals surface area contributed by atoms with Gasteiger partial charge in [0.25, 0.3) is 0 Å². The van der Waals surface area contributed by atoms with Crippen molar-refractivity contribution in [3.8, 4) is 0 Å². The molecule has 24 heavy (non-hydrogen) atoms. The van der Waals surface area contributed by atoms with Crippen LogP contribution in [0.25, 0.3) is 0 Å². The van der Waals surface area contributed by atoms with Gasteiger partial charge in [-0.15, -0.1) is 0 Å². The Labute approximate surface area is 141 Å². The van der Waals surface area contributed by atoms with Crippen molar-refractivity contribution in [3.63, 3.8) is 0 Å². The van der Waals surface area contributed by atoms with Gasteiger partial charge in [-0.05, 0) is 42.3 Å². The monoisotopic (exact) mass is 326 g/mol. The van der Waals surface area contributed by atoms with Crippen LogP contribution in [0.5, 0.6) is 0 Å². The average Bonchev–Trinajstić information content (AvgIpc) is 2.59. The molecule has 0 saturated carbocycles. The Hall–Kier alpha value is -2.89. The third kappa shape index (κ3) is 4.55. The lowest BCUT2D eigenvalue weighted by Crippen LogP contribution is -2.32. The lowest BCUT2D eigenvalue weighted by Gasteiger charge is -2.19. The van der Waals surface area contributed by atoms with E-state index in [4.69, 9.17) is 0 Å². The first-order valence-corrected chi connectivity index (χ1v) is 7.83. The highest BCUT2D eigenvalue weighted by Crippen LogP contribution is 2.19. The van der Waals surface area contributed by atoms with Crippen LogP contribution in [0.4, 0.5) is 16.2 Å². The summed E-state index contributed by atoms with van der Waals surface area (Å²) < 4.78 is 0. The number of nitrogens with one attached hydrogen (secondary N) is 2. The molecule has 0 unspecified atom stereocenters. The highest BCUT2D eigenvalue weighted by molar-refractivity contribution is 5.93. The summed E-state index contributed by atoms with van der Waals surface area (Å²) in [7, 11) is 1.69. The first kappa shape index (κ1) is 17.5. The fraction of sp³-hybridized carbons (Fsp3) is 0.278. The zero-order valence-corrected chi connectivity index (χ0v) is 14.1. The van der Waals surface area contributed by atoms with Gasteiger partial charge in [0.2, 0.25) is 5.91 Å². The molecule has 3 amide bonds. The van der Waals surface area contributed by atoms with Crippen molar-refractivity contribution in [3.05, 3.63) is 54.4 Å². The summed E-state index contributed by atoms with van der Waals surface area (Å²) in [6, 6.07) is 10.5. The van der Waals surface area contributed by atoms with E-state index in [9.17, 15) is 9.59 Å². The van der Waals surface area contributed by atoms with Crippen LogP contribution in [0.3, 0.4) is 0 Å². The molecule has 2 N–H and O–H groups in total. The maximum absolute atomic E-state index is 12.3. The molecule has 126 valence electrons. The van der Waals surface area contributed by atoms with Crippen molar-refractivity contribution in [2.75, 3.05) is 17.3 Å². The molecule has 0 spiro atoms. The standard InChI is InChI=1S/C18H22N4O2/c1-4-17(14-8-10-19-11-9-14)21-18(24)20-15-6-5-7-16(12-15)22(3)13(2)23/h5-12,17H,4H2,1-3H3,(H2,20,21,24)/t17-/m1/s1. The minimum absolute atomic E-state index is 0.0691. The maximum Gasteiger partial charge on any atom is 0.319 e. The van der Waals surface area contributed by atoms with Crippen molar-refractivity contribution in [1.82, 2.24) is 10.3 Å². The number of carbonyl (C=O) groups excluding carboxylic acids is 2. The zero-order valence-electron chi connectivity index (χ0n) is 14.1. The van der Waals surface area contributed by atoms with E-state index >= 15 is 0 Å². The highest BCUT2D eigenvalue weighted by atomic mass is 16.2. The van der Waals surface area contributed by atoms with Crippen LogP contribution in [-0.4, -0.2) is 24.0 Å². The normalized spacial score (nSPS) is 11.5. The predicted octanol–water partition coefficient (Wildman–Crippen LogP) is 3.34. The summed E-state index contributed by atoms with van der Waals surface area (Å²) >= 11 is 0. The second-order valence-electron chi connectivity index (χ2n) is 5.47. The third-order valence-electron chi connectivity index (χ3n) is 3.79. The van der Waals surface area contributed by atoms with E-state index in [2.05, 4.69) is 15.6 Å². The molecular weight excluding hydrogens is 304 g/mol. The number of anilines is 2. The van der Waals surface area contributed by atoms with Crippen LogP contribution < -0.4 is 15.5 Å². The Balaban J connectivity index is 2.04. The largest absolute Gasteiger partial charge is 0.331 e. The minimum Gasteiger partial charge on any atom is -0.331 e. The summed E-state index contributed by atoms with van der Waals surface area (Å²) in [4.78, 5) is 29.2. The molecule has 2 rings (SSSR count). The zero-order chi connectivity index (χ0) is 17.5. The van der Waals surface area contributed by atoms with Crippen molar-refractivity contribution in [2.45, 2.75) is 26.3 Å². The van der Waals surface area contributed by atoms with E-state index in [0.717, 1.165) is 17.7 Å². The SMILES string of the molecule is CC[C@@H](NC(=O)Nc1cccc(N(C)C(C)=O)c1)c1ccncc1. The number of aromatic nitrogens is 1. The highest BCUT2D eigenvalue weighted by Gasteiger charge is 2.13. The molecule has 6 nitrogen and oxygen atoms in total. The van der Waals surface area contributed by atoms with Crippen molar-refractivity contribution < 1.29 is 9.59 Å². The molecular formula is C18H22N4O2. The first-order chi connectivity index (χ1) is 11.5. The van der Waals surface area contributed by atoms with Crippen LogP contribution in [0, 0.1) is 0 Å². The van der Waals surface area contributed by atoms with E-state index in [1.807, 2.05) is 25.1 Å². The number of pyridine rings is 1. The summed E-state index contributed by atoms with van der Waals surface area (Å²) in [6.45, 7) is 3.50. The topological polar surface area (TPSA) is 74.3 Å². The summed E-state index contributed by atoms with van der Waals surface area (Å²) in [6.07, 6.45) is 4.18.